The van der Waals surface area contributed by atoms with Crippen LogP contribution in [0.25, 0.3) is 6.08 Å². The third-order valence-electron chi connectivity index (χ3n) is 6.75. The Labute approximate surface area is 256 Å². The minimum absolute atomic E-state index is 0.0625. The Hall–Kier alpha value is -4.73. The molecule has 0 spiro atoms. The molecular weight excluding hydrogens is 612 g/mol. The number of aryl methyl sites for hydroxylation is 1. The van der Waals surface area contributed by atoms with Crippen LogP contribution in [0.15, 0.2) is 76.5 Å². The lowest BCUT2D eigenvalue weighted by Crippen LogP contribution is -2.38. The largest absolute Gasteiger partial charge is 0.379 e. The molecular formula is C29H26N4O9S2. The van der Waals surface area contributed by atoms with E-state index in [0.717, 1.165) is 16.7 Å². The predicted octanol–water partition coefficient (Wildman–Crippen LogP) is 4.18. The highest BCUT2D eigenvalue weighted by Gasteiger charge is 2.36. The summed E-state index contributed by atoms with van der Waals surface area (Å²) in [6, 6.07) is 16.4. The van der Waals surface area contributed by atoms with E-state index in [4.69, 9.17) is 8.92 Å². The standard InChI is InChI=1S/C29H26N4O9S2/c1-19-6-11-22(17-25(19)33(37)38)44(39,40)42-21-9-7-20(8-10-21)16-26-28(35)32(29(36)43-26)18-27(34)30-23-4-2-3-5-24(23)31-12-14-41-15-13-31/h2-11,16-17H,12-15,18H2,1H3,(H,30,34)/b26-16-. The van der Waals surface area contributed by atoms with Gasteiger partial charge in [-0.05, 0) is 60.7 Å². The Morgan fingerprint density at radius 1 is 1.09 bits per heavy atom. The number of benzene rings is 3. The fraction of sp³-hybridized carbons (Fsp3) is 0.207. The lowest BCUT2D eigenvalue weighted by atomic mass is 10.2. The summed E-state index contributed by atoms with van der Waals surface area (Å²) >= 11 is 0.681. The maximum Gasteiger partial charge on any atom is 0.339 e. The molecule has 44 heavy (non-hydrogen) atoms. The summed E-state index contributed by atoms with van der Waals surface area (Å²) in [7, 11) is -4.36. The van der Waals surface area contributed by atoms with E-state index in [1.807, 2.05) is 12.1 Å². The number of thioether (sulfide) groups is 1. The van der Waals surface area contributed by atoms with Gasteiger partial charge in [0, 0.05) is 24.7 Å². The van der Waals surface area contributed by atoms with Crippen molar-refractivity contribution in [3.8, 4) is 5.75 Å². The molecule has 0 bridgehead atoms. The fourth-order valence-corrected chi connectivity index (χ4v) is 6.31. The van der Waals surface area contributed by atoms with Crippen molar-refractivity contribution in [1.82, 2.24) is 4.90 Å². The topological polar surface area (TPSA) is 165 Å². The van der Waals surface area contributed by atoms with Gasteiger partial charge in [0.25, 0.3) is 16.8 Å². The van der Waals surface area contributed by atoms with Crippen molar-refractivity contribution < 1.29 is 36.6 Å². The Morgan fingerprint density at radius 2 is 1.80 bits per heavy atom. The Kier molecular flexibility index (Phi) is 8.98. The zero-order valence-electron chi connectivity index (χ0n) is 23.3. The molecule has 2 aliphatic heterocycles. The molecule has 3 amide bonds. The van der Waals surface area contributed by atoms with E-state index in [9.17, 15) is 32.9 Å². The molecule has 0 aromatic heterocycles. The maximum atomic E-state index is 13.0. The zero-order valence-corrected chi connectivity index (χ0v) is 24.9. The average molecular weight is 639 g/mol. The minimum Gasteiger partial charge on any atom is -0.379 e. The van der Waals surface area contributed by atoms with Gasteiger partial charge in [0.2, 0.25) is 5.91 Å². The van der Waals surface area contributed by atoms with Crippen molar-refractivity contribution in [2.45, 2.75) is 11.8 Å². The van der Waals surface area contributed by atoms with Crippen molar-refractivity contribution in [3.63, 3.8) is 0 Å². The summed E-state index contributed by atoms with van der Waals surface area (Å²) in [6.07, 6.45) is 1.44. The number of ether oxygens (including phenoxy) is 1. The monoisotopic (exact) mass is 638 g/mol. The average Bonchev–Trinajstić information content (AvgIpc) is 3.25. The SMILES string of the molecule is Cc1ccc(S(=O)(=O)Oc2ccc(/C=C3\SC(=O)N(CC(=O)Nc4ccccc4N4CCOCC4)C3=O)cc2)cc1[N+](=O)[O-]. The first-order valence-corrected chi connectivity index (χ1v) is 15.5. The van der Waals surface area contributed by atoms with Crippen molar-refractivity contribution in [1.29, 1.82) is 0 Å². The highest BCUT2D eigenvalue weighted by Crippen LogP contribution is 2.33. The number of nitro benzene ring substituents is 1. The van der Waals surface area contributed by atoms with Gasteiger partial charge in [-0.3, -0.25) is 29.4 Å². The van der Waals surface area contributed by atoms with E-state index in [0.29, 0.717) is 54.9 Å². The van der Waals surface area contributed by atoms with E-state index < -0.39 is 38.6 Å². The summed E-state index contributed by atoms with van der Waals surface area (Å²) in [5.74, 6) is -1.23. The van der Waals surface area contributed by atoms with E-state index in [2.05, 4.69) is 10.2 Å². The number of imide groups is 1. The van der Waals surface area contributed by atoms with Gasteiger partial charge in [0.05, 0.1) is 34.4 Å². The first-order chi connectivity index (χ1) is 21.0. The van der Waals surface area contributed by atoms with Gasteiger partial charge >= 0.3 is 10.1 Å². The van der Waals surface area contributed by atoms with E-state index >= 15 is 0 Å². The number of nitro groups is 1. The molecule has 5 rings (SSSR count). The highest BCUT2D eigenvalue weighted by molar-refractivity contribution is 8.18. The first kappa shape index (κ1) is 30.7. The van der Waals surface area contributed by atoms with Crippen LogP contribution in [0.5, 0.6) is 5.75 Å². The predicted molar refractivity (Wildman–Crippen MR) is 163 cm³/mol. The molecule has 2 aliphatic rings. The van der Waals surface area contributed by atoms with E-state index in [1.165, 1.54) is 49.4 Å². The second-order valence-corrected chi connectivity index (χ2v) is 12.3. The van der Waals surface area contributed by atoms with Crippen molar-refractivity contribution in [3.05, 3.63) is 92.9 Å². The molecule has 0 atom stereocenters. The number of hydrogen-bond acceptors (Lipinski definition) is 11. The van der Waals surface area contributed by atoms with Crippen LogP contribution in [0.4, 0.5) is 21.9 Å². The van der Waals surface area contributed by atoms with E-state index in [1.54, 1.807) is 12.1 Å². The molecule has 2 heterocycles. The number of amides is 3. The molecule has 2 fully saturated rings. The van der Waals surface area contributed by atoms with Crippen LogP contribution in [0.1, 0.15) is 11.1 Å². The van der Waals surface area contributed by atoms with Crippen LogP contribution < -0.4 is 14.4 Å². The third-order valence-corrected chi connectivity index (χ3v) is 8.91. The molecule has 0 aliphatic carbocycles. The summed E-state index contributed by atoms with van der Waals surface area (Å²) in [6.45, 7) is 3.50. The van der Waals surface area contributed by atoms with Crippen LogP contribution in [-0.4, -0.2) is 68.1 Å². The van der Waals surface area contributed by atoms with Gasteiger partial charge in [-0.15, -0.1) is 0 Å². The number of para-hydroxylation sites is 2. The number of hydrogen-bond donors (Lipinski definition) is 1. The van der Waals surface area contributed by atoms with Crippen molar-refractivity contribution >= 4 is 62.1 Å². The number of carbonyl (C=O) groups is 3. The number of morpholine rings is 1. The Bertz CT molecular complexity index is 1770. The van der Waals surface area contributed by atoms with Gasteiger partial charge < -0.3 is 19.1 Å². The number of nitrogens with one attached hydrogen (secondary N) is 1. The van der Waals surface area contributed by atoms with Gasteiger partial charge in [-0.1, -0.05) is 30.3 Å². The maximum absolute atomic E-state index is 13.0. The molecule has 1 N–H and O–H groups in total. The van der Waals surface area contributed by atoms with Crippen LogP contribution in [-0.2, 0) is 24.4 Å². The Balaban J connectivity index is 1.23. The molecule has 3 aromatic rings. The smallest absolute Gasteiger partial charge is 0.339 e. The molecule has 3 aromatic carbocycles. The summed E-state index contributed by atoms with van der Waals surface area (Å²) in [5, 5.41) is 13.4. The first-order valence-electron chi connectivity index (χ1n) is 13.3. The zero-order chi connectivity index (χ0) is 31.4. The molecule has 228 valence electrons. The van der Waals surface area contributed by atoms with Gasteiger partial charge in [0.1, 0.15) is 17.2 Å². The van der Waals surface area contributed by atoms with Crippen LogP contribution in [0.3, 0.4) is 0 Å². The van der Waals surface area contributed by atoms with Gasteiger partial charge in [-0.2, -0.15) is 8.42 Å². The molecule has 0 radical (unpaired) electrons. The minimum atomic E-state index is -4.36. The molecule has 15 heteroatoms. The van der Waals surface area contributed by atoms with Crippen LogP contribution >= 0.6 is 11.8 Å². The lowest BCUT2D eigenvalue weighted by molar-refractivity contribution is -0.385. The van der Waals surface area contributed by atoms with Crippen molar-refractivity contribution in [2.75, 3.05) is 43.1 Å². The fourth-order valence-electron chi connectivity index (χ4n) is 4.52. The second kappa shape index (κ2) is 12.9. The number of anilines is 2. The summed E-state index contributed by atoms with van der Waals surface area (Å²) < 4.78 is 35.9. The summed E-state index contributed by atoms with van der Waals surface area (Å²) in [5.41, 5.74) is 1.80. The van der Waals surface area contributed by atoms with Crippen LogP contribution in [0, 0.1) is 17.0 Å². The normalized spacial score (nSPS) is 16.3. The van der Waals surface area contributed by atoms with Gasteiger partial charge in [-0.25, -0.2) is 0 Å². The number of carbonyl (C=O) groups excluding carboxylic acids is 3. The Morgan fingerprint density at radius 3 is 2.50 bits per heavy atom. The highest BCUT2D eigenvalue weighted by atomic mass is 32.2. The number of rotatable bonds is 9. The van der Waals surface area contributed by atoms with Crippen LogP contribution in [0.2, 0.25) is 0 Å². The number of nitrogens with zero attached hydrogens (tertiary/aromatic N) is 3. The van der Waals surface area contributed by atoms with Gasteiger partial charge in [0.15, 0.2) is 0 Å². The summed E-state index contributed by atoms with van der Waals surface area (Å²) in [4.78, 5) is 51.6. The third kappa shape index (κ3) is 6.90. The molecule has 13 nitrogen and oxygen atoms in total. The second-order valence-electron chi connectivity index (χ2n) is 9.74. The van der Waals surface area contributed by atoms with E-state index in [-0.39, 0.29) is 21.2 Å². The quantitative estimate of drug-likeness (QED) is 0.155. The lowest BCUT2D eigenvalue weighted by Gasteiger charge is -2.30. The molecule has 0 unspecified atom stereocenters. The molecule has 2 saturated heterocycles. The van der Waals surface area contributed by atoms with Crippen molar-refractivity contribution in [2.24, 2.45) is 0 Å². The molecule has 0 saturated carbocycles.